The molecule has 4 heteroatoms. The van der Waals surface area contributed by atoms with Gasteiger partial charge in [0.15, 0.2) is 0 Å². The molecule has 0 N–H and O–H groups in total. The molecule has 0 spiro atoms. The van der Waals surface area contributed by atoms with E-state index in [-0.39, 0.29) is 5.41 Å². The van der Waals surface area contributed by atoms with E-state index >= 15 is 0 Å². The van der Waals surface area contributed by atoms with Gasteiger partial charge in [-0.1, -0.05) is 37.0 Å². The average molecular weight is 293 g/mol. The van der Waals surface area contributed by atoms with Crippen LogP contribution in [-0.2, 0) is 0 Å². The number of thiol groups is 1. The third kappa shape index (κ3) is 3.97. The fourth-order valence-corrected chi connectivity index (χ4v) is 2.35. The standard InChI is InChI=1S/C13H18Cl2OS/c1-3-13(4-2,9-17)8-16-10-5-6-11(14)12(15)7-10/h5-7,17H,3-4,8-9H2,1-2H3. The van der Waals surface area contributed by atoms with Crippen molar-refractivity contribution in [1.82, 2.24) is 0 Å². The molecule has 0 atom stereocenters. The minimum absolute atomic E-state index is 0.134. The summed E-state index contributed by atoms with van der Waals surface area (Å²) >= 11 is 16.2. The summed E-state index contributed by atoms with van der Waals surface area (Å²) in [4.78, 5) is 0. The first kappa shape index (κ1) is 15.0. The Bertz CT molecular complexity index is 356. The van der Waals surface area contributed by atoms with Gasteiger partial charge in [-0.3, -0.25) is 0 Å². The molecule has 0 fully saturated rings. The van der Waals surface area contributed by atoms with E-state index in [2.05, 4.69) is 26.5 Å². The molecule has 0 bridgehead atoms. The molecule has 1 nitrogen and oxygen atoms in total. The van der Waals surface area contributed by atoms with Crippen molar-refractivity contribution in [3.05, 3.63) is 28.2 Å². The lowest BCUT2D eigenvalue weighted by Crippen LogP contribution is -2.29. The molecule has 0 unspecified atom stereocenters. The fraction of sp³-hybridized carbons (Fsp3) is 0.538. The van der Waals surface area contributed by atoms with Gasteiger partial charge in [0.05, 0.1) is 16.7 Å². The maximum atomic E-state index is 5.94. The van der Waals surface area contributed by atoms with Gasteiger partial charge in [-0.25, -0.2) is 0 Å². The Kier molecular flexibility index (Phi) is 5.98. The van der Waals surface area contributed by atoms with Crippen LogP contribution in [0.2, 0.25) is 10.0 Å². The van der Waals surface area contributed by atoms with Crippen molar-refractivity contribution in [3.8, 4) is 5.75 Å². The Labute approximate surface area is 119 Å². The van der Waals surface area contributed by atoms with Gasteiger partial charge in [0.1, 0.15) is 5.75 Å². The number of halogens is 2. The zero-order valence-corrected chi connectivity index (χ0v) is 12.6. The Balaban J connectivity index is 2.68. The van der Waals surface area contributed by atoms with Crippen molar-refractivity contribution in [2.24, 2.45) is 5.41 Å². The molecule has 0 aliphatic heterocycles. The summed E-state index contributed by atoms with van der Waals surface area (Å²) < 4.78 is 5.79. The number of hydrogen-bond acceptors (Lipinski definition) is 2. The van der Waals surface area contributed by atoms with Crippen molar-refractivity contribution in [2.75, 3.05) is 12.4 Å². The van der Waals surface area contributed by atoms with Gasteiger partial charge in [-0.05, 0) is 30.7 Å². The van der Waals surface area contributed by atoms with Gasteiger partial charge >= 0.3 is 0 Å². The highest BCUT2D eigenvalue weighted by Gasteiger charge is 2.25. The molecule has 96 valence electrons. The number of ether oxygens (including phenoxy) is 1. The van der Waals surface area contributed by atoms with E-state index in [0.717, 1.165) is 24.3 Å². The molecule has 0 aromatic heterocycles. The summed E-state index contributed by atoms with van der Waals surface area (Å²) in [6.07, 6.45) is 2.10. The normalized spacial score (nSPS) is 11.6. The van der Waals surface area contributed by atoms with E-state index in [0.29, 0.717) is 16.7 Å². The zero-order chi connectivity index (χ0) is 12.9. The van der Waals surface area contributed by atoms with Crippen LogP contribution >= 0.6 is 35.8 Å². The summed E-state index contributed by atoms with van der Waals surface area (Å²) in [6, 6.07) is 5.33. The molecule has 0 heterocycles. The first-order chi connectivity index (χ1) is 8.06. The Morgan fingerprint density at radius 2 is 1.82 bits per heavy atom. The van der Waals surface area contributed by atoms with Gasteiger partial charge in [0.2, 0.25) is 0 Å². The Morgan fingerprint density at radius 3 is 2.29 bits per heavy atom. The topological polar surface area (TPSA) is 9.23 Å². The van der Waals surface area contributed by atoms with Crippen molar-refractivity contribution in [3.63, 3.8) is 0 Å². The maximum absolute atomic E-state index is 5.94. The van der Waals surface area contributed by atoms with Crippen molar-refractivity contribution in [2.45, 2.75) is 26.7 Å². The molecule has 0 saturated carbocycles. The lowest BCUT2D eigenvalue weighted by atomic mass is 9.85. The minimum Gasteiger partial charge on any atom is -0.493 e. The maximum Gasteiger partial charge on any atom is 0.120 e. The minimum atomic E-state index is 0.134. The van der Waals surface area contributed by atoms with Gasteiger partial charge in [-0.15, -0.1) is 0 Å². The molecule has 0 saturated heterocycles. The molecular formula is C13H18Cl2OS. The first-order valence-corrected chi connectivity index (χ1v) is 7.14. The van der Waals surface area contributed by atoms with E-state index in [1.54, 1.807) is 12.1 Å². The van der Waals surface area contributed by atoms with E-state index < -0.39 is 0 Å². The highest BCUT2D eigenvalue weighted by atomic mass is 35.5. The van der Waals surface area contributed by atoms with Crippen LogP contribution in [0.25, 0.3) is 0 Å². The fourth-order valence-electron chi connectivity index (χ4n) is 1.53. The molecule has 1 aromatic rings. The summed E-state index contributed by atoms with van der Waals surface area (Å²) in [6.45, 7) is 4.98. The second-order valence-corrected chi connectivity index (χ2v) is 5.36. The zero-order valence-electron chi connectivity index (χ0n) is 10.2. The van der Waals surface area contributed by atoms with Crippen LogP contribution in [0, 0.1) is 5.41 Å². The summed E-state index contributed by atoms with van der Waals surface area (Å²) in [5, 5.41) is 1.07. The molecule has 1 rings (SSSR count). The Morgan fingerprint density at radius 1 is 1.18 bits per heavy atom. The predicted molar refractivity (Wildman–Crippen MR) is 78.8 cm³/mol. The third-order valence-corrected chi connectivity index (χ3v) is 4.68. The molecule has 0 aliphatic carbocycles. The average Bonchev–Trinajstić information content (AvgIpc) is 2.36. The van der Waals surface area contributed by atoms with E-state index in [4.69, 9.17) is 27.9 Å². The Hall–Kier alpha value is -0.0500. The third-order valence-electron chi connectivity index (χ3n) is 3.27. The summed E-state index contributed by atoms with van der Waals surface area (Å²) in [5.41, 5.74) is 0.134. The van der Waals surface area contributed by atoms with Crippen molar-refractivity contribution in [1.29, 1.82) is 0 Å². The largest absolute Gasteiger partial charge is 0.493 e. The second-order valence-electron chi connectivity index (χ2n) is 4.23. The first-order valence-electron chi connectivity index (χ1n) is 5.75. The van der Waals surface area contributed by atoms with Gasteiger partial charge < -0.3 is 4.74 Å². The van der Waals surface area contributed by atoms with Gasteiger partial charge in [-0.2, -0.15) is 12.6 Å². The molecule has 17 heavy (non-hydrogen) atoms. The van der Waals surface area contributed by atoms with Gasteiger partial charge in [0.25, 0.3) is 0 Å². The van der Waals surface area contributed by atoms with Crippen LogP contribution in [-0.4, -0.2) is 12.4 Å². The van der Waals surface area contributed by atoms with Crippen LogP contribution in [0.5, 0.6) is 5.75 Å². The van der Waals surface area contributed by atoms with E-state index in [1.807, 2.05) is 6.07 Å². The number of hydrogen-bond donors (Lipinski definition) is 1. The smallest absolute Gasteiger partial charge is 0.120 e. The van der Waals surface area contributed by atoms with Crippen LogP contribution in [0.1, 0.15) is 26.7 Å². The number of benzene rings is 1. The van der Waals surface area contributed by atoms with E-state index in [9.17, 15) is 0 Å². The van der Waals surface area contributed by atoms with Crippen LogP contribution < -0.4 is 4.74 Å². The predicted octanol–water partition coefficient (Wildman–Crippen LogP) is 5.11. The molecular weight excluding hydrogens is 275 g/mol. The van der Waals surface area contributed by atoms with Crippen LogP contribution in [0.4, 0.5) is 0 Å². The SMILES string of the molecule is CCC(CC)(CS)COc1ccc(Cl)c(Cl)c1. The van der Waals surface area contributed by atoms with Gasteiger partial charge in [0, 0.05) is 11.5 Å². The van der Waals surface area contributed by atoms with Crippen molar-refractivity contribution >= 4 is 35.8 Å². The quantitative estimate of drug-likeness (QED) is 0.717. The number of rotatable bonds is 6. The summed E-state index contributed by atoms with van der Waals surface area (Å²) in [5.74, 6) is 1.58. The lowest BCUT2D eigenvalue weighted by molar-refractivity contribution is 0.157. The molecule has 0 radical (unpaired) electrons. The van der Waals surface area contributed by atoms with Crippen LogP contribution in [0.15, 0.2) is 18.2 Å². The molecule has 0 aliphatic rings. The summed E-state index contributed by atoms with van der Waals surface area (Å²) in [7, 11) is 0. The monoisotopic (exact) mass is 292 g/mol. The van der Waals surface area contributed by atoms with Crippen molar-refractivity contribution < 1.29 is 4.74 Å². The lowest BCUT2D eigenvalue weighted by Gasteiger charge is -2.29. The second kappa shape index (κ2) is 6.77. The van der Waals surface area contributed by atoms with Crippen LogP contribution in [0.3, 0.4) is 0 Å². The highest BCUT2D eigenvalue weighted by Crippen LogP contribution is 2.31. The molecule has 1 aromatic carbocycles. The van der Waals surface area contributed by atoms with E-state index in [1.165, 1.54) is 0 Å². The molecule has 0 amide bonds. The highest BCUT2D eigenvalue weighted by molar-refractivity contribution is 7.80.